The first kappa shape index (κ1) is 25.7. The van der Waals surface area contributed by atoms with Crippen molar-refractivity contribution in [3.8, 4) is 11.5 Å². The lowest BCUT2D eigenvalue weighted by Gasteiger charge is -2.44. The number of imide groups is 2. The number of allylic oxidation sites excluding steroid dienone is 2. The van der Waals surface area contributed by atoms with Gasteiger partial charge < -0.3 is 9.47 Å². The Morgan fingerprint density at radius 2 is 0.975 bits per heavy atom. The van der Waals surface area contributed by atoms with E-state index in [4.69, 9.17) is 9.47 Å². The fourth-order valence-corrected chi connectivity index (χ4v) is 6.51. The number of nitrogens with zero attached hydrogens (tertiary/aromatic N) is 2. The normalized spacial score (nSPS) is 28.1. The molecule has 2 aromatic carbocycles. The van der Waals surface area contributed by atoms with Crippen LogP contribution in [0.15, 0.2) is 60.7 Å². The molecular formula is C30H26N2O8. The Kier molecular flexibility index (Phi) is 6.13. The van der Waals surface area contributed by atoms with Crippen molar-refractivity contribution in [3.05, 3.63) is 60.7 Å². The van der Waals surface area contributed by atoms with Crippen LogP contribution in [0.4, 0.5) is 11.4 Å². The molecule has 10 heteroatoms. The van der Waals surface area contributed by atoms with E-state index in [0.29, 0.717) is 0 Å². The topological polar surface area (TPSA) is 127 Å². The molecule has 1 saturated carbocycles. The molecule has 0 aromatic heterocycles. The number of esters is 2. The molecule has 3 aliphatic carbocycles. The van der Waals surface area contributed by atoms with E-state index in [1.807, 2.05) is 0 Å². The van der Waals surface area contributed by atoms with Gasteiger partial charge >= 0.3 is 11.9 Å². The molecule has 204 valence electrons. The zero-order valence-electron chi connectivity index (χ0n) is 21.8. The smallest absolute Gasteiger partial charge is 0.310 e. The molecule has 2 saturated heterocycles. The fraction of sp³-hybridized carbons (Fsp3) is 0.333. The number of carbonyl (C=O) groups is 6. The number of rotatable bonds is 6. The summed E-state index contributed by atoms with van der Waals surface area (Å²) >= 11 is 0. The van der Waals surface area contributed by atoms with E-state index in [0.717, 1.165) is 9.80 Å². The van der Waals surface area contributed by atoms with Crippen molar-refractivity contribution in [2.24, 2.45) is 35.5 Å². The number of carbonyl (C=O) groups excluding carboxylic acids is 6. The first-order chi connectivity index (χ1) is 19.2. The number of hydrogen-bond donors (Lipinski definition) is 0. The third kappa shape index (κ3) is 3.77. The lowest BCUT2D eigenvalue weighted by molar-refractivity contribution is -0.137. The summed E-state index contributed by atoms with van der Waals surface area (Å²) in [4.78, 5) is 80.6. The molecule has 0 N–H and O–H groups in total. The molecule has 0 spiro atoms. The summed E-state index contributed by atoms with van der Waals surface area (Å²) < 4.78 is 10.5. The lowest BCUT2D eigenvalue weighted by atomic mass is 9.54. The van der Waals surface area contributed by atoms with Gasteiger partial charge in [0.15, 0.2) is 0 Å². The van der Waals surface area contributed by atoms with Gasteiger partial charge in [-0.05, 0) is 24.3 Å². The van der Waals surface area contributed by atoms with Crippen LogP contribution in [0, 0.1) is 35.5 Å². The van der Waals surface area contributed by atoms with Crippen LogP contribution in [0.5, 0.6) is 11.5 Å². The maximum Gasteiger partial charge on any atom is 0.310 e. The number of anilines is 2. The average molecular weight is 543 g/mol. The molecule has 0 radical (unpaired) electrons. The van der Waals surface area contributed by atoms with Crippen LogP contribution in [0.1, 0.15) is 26.7 Å². The third-order valence-electron chi connectivity index (χ3n) is 8.20. The van der Waals surface area contributed by atoms with Crippen LogP contribution in [0.2, 0.25) is 0 Å². The van der Waals surface area contributed by atoms with Crippen molar-refractivity contribution in [1.29, 1.82) is 0 Å². The molecule has 5 aliphatic rings. The molecule has 7 rings (SSSR count). The van der Waals surface area contributed by atoms with Crippen molar-refractivity contribution in [2.45, 2.75) is 26.7 Å². The van der Waals surface area contributed by atoms with Gasteiger partial charge in [0, 0.05) is 36.8 Å². The Hall–Kier alpha value is -4.60. The molecule has 2 aromatic rings. The van der Waals surface area contributed by atoms with Crippen LogP contribution in [0.25, 0.3) is 0 Å². The molecule has 2 bridgehead atoms. The van der Waals surface area contributed by atoms with Crippen LogP contribution in [-0.4, -0.2) is 35.6 Å². The minimum absolute atomic E-state index is 0.168. The molecule has 4 amide bonds. The predicted molar refractivity (Wildman–Crippen MR) is 140 cm³/mol. The standard InChI is InChI=1S/C30H26N2O8/c1-3-21(33)39-17-9-5-7-15(13-17)31-27(35)23-19-11-12-20(24(23)28(31)36)26-25(19)29(37)32(30(26)38)16-8-6-10-18(14-16)40-22(34)4-2/h5-14,19-20,23-26H,3-4H2,1-2H3/t19?,20?,23-,24-,25-,26-/m1/s1. The van der Waals surface area contributed by atoms with Gasteiger partial charge in [0.05, 0.1) is 35.0 Å². The third-order valence-corrected chi connectivity index (χ3v) is 8.20. The number of amides is 4. The summed E-state index contributed by atoms with van der Waals surface area (Å²) in [7, 11) is 0. The molecule has 3 fully saturated rings. The van der Waals surface area contributed by atoms with Crippen LogP contribution < -0.4 is 19.3 Å². The van der Waals surface area contributed by atoms with Crippen molar-refractivity contribution in [2.75, 3.05) is 9.80 Å². The van der Waals surface area contributed by atoms with Crippen LogP contribution in [-0.2, 0) is 28.8 Å². The Morgan fingerprint density at radius 3 is 1.30 bits per heavy atom. The number of hydrogen-bond acceptors (Lipinski definition) is 8. The minimum atomic E-state index is -0.792. The van der Waals surface area contributed by atoms with E-state index < -0.39 is 71.1 Å². The van der Waals surface area contributed by atoms with Crippen molar-refractivity contribution in [3.63, 3.8) is 0 Å². The summed E-state index contributed by atoms with van der Waals surface area (Å²) in [6, 6.07) is 12.4. The molecule has 10 nitrogen and oxygen atoms in total. The van der Waals surface area contributed by atoms with Crippen molar-refractivity contribution >= 4 is 46.9 Å². The summed E-state index contributed by atoms with van der Waals surface area (Å²) in [6.45, 7) is 3.32. The maximum atomic E-state index is 13.7. The highest BCUT2D eigenvalue weighted by atomic mass is 16.5. The van der Waals surface area contributed by atoms with Gasteiger partial charge in [0.2, 0.25) is 23.6 Å². The van der Waals surface area contributed by atoms with Crippen molar-refractivity contribution in [1.82, 2.24) is 0 Å². The second kappa shape index (κ2) is 9.55. The summed E-state index contributed by atoms with van der Waals surface area (Å²) in [6.07, 6.45) is 3.91. The largest absolute Gasteiger partial charge is 0.426 e. The van der Waals surface area contributed by atoms with E-state index >= 15 is 0 Å². The summed E-state index contributed by atoms with van der Waals surface area (Å²) in [5.74, 6) is -6.69. The quantitative estimate of drug-likeness (QED) is 0.236. The second-order valence-electron chi connectivity index (χ2n) is 10.3. The Bertz CT molecular complexity index is 1360. The van der Waals surface area contributed by atoms with E-state index in [9.17, 15) is 28.8 Å². The highest BCUT2D eigenvalue weighted by Crippen LogP contribution is 2.58. The van der Waals surface area contributed by atoms with Gasteiger partial charge in [0.1, 0.15) is 11.5 Å². The lowest BCUT2D eigenvalue weighted by Crippen LogP contribution is -2.50. The Labute approximate surface area is 229 Å². The minimum Gasteiger partial charge on any atom is -0.426 e. The van der Waals surface area contributed by atoms with E-state index in [1.54, 1.807) is 62.4 Å². The van der Waals surface area contributed by atoms with Crippen molar-refractivity contribution < 1.29 is 38.2 Å². The monoisotopic (exact) mass is 542 g/mol. The maximum absolute atomic E-state index is 13.7. The van der Waals surface area contributed by atoms with Gasteiger partial charge in [-0.3, -0.25) is 28.8 Å². The number of benzene rings is 2. The van der Waals surface area contributed by atoms with Gasteiger partial charge in [-0.25, -0.2) is 9.80 Å². The predicted octanol–water partition coefficient (Wildman–Crippen LogP) is 3.04. The van der Waals surface area contributed by atoms with Crippen LogP contribution >= 0.6 is 0 Å². The highest BCUT2D eigenvalue weighted by molar-refractivity contribution is 6.26. The summed E-state index contributed by atoms with van der Waals surface area (Å²) in [5.41, 5.74) is 0.543. The van der Waals surface area contributed by atoms with Gasteiger partial charge in [-0.2, -0.15) is 0 Å². The second-order valence-corrected chi connectivity index (χ2v) is 10.3. The first-order valence-electron chi connectivity index (χ1n) is 13.3. The molecule has 0 unspecified atom stereocenters. The van der Waals surface area contributed by atoms with E-state index in [1.165, 1.54) is 12.1 Å². The van der Waals surface area contributed by atoms with Gasteiger partial charge in [-0.15, -0.1) is 0 Å². The molecular weight excluding hydrogens is 516 g/mol. The van der Waals surface area contributed by atoms with Gasteiger partial charge in [0.25, 0.3) is 0 Å². The average Bonchev–Trinajstić information content (AvgIpc) is 3.40. The molecule has 40 heavy (non-hydrogen) atoms. The number of ether oxygens (including phenoxy) is 2. The summed E-state index contributed by atoms with van der Waals surface area (Å²) in [5, 5.41) is 0. The molecule has 2 aliphatic heterocycles. The zero-order chi connectivity index (χ0) is 28.3. The molecule has 4 atom stereocenters. The highest BCUT2D eigenvalue weighted by Gasteiger charge is 2.68. The fourth-order valence-electron chi connectivity index (χ4n) is 6.51. The van der Waals surface area contributed by atoms with Gasteiger partial charge in [-0.1, -0.05) is 38.1 Å². The SMILES string of the molecule is CCC(=O)Oc1cccc(N2C(=O)[C@@H]3C4C=CC([C@H]3C2=O)[C@H]2C(=O)N(c3cccc(OC(=O)CC)c3)C(=O)[C@H]42)c1. The van der Waals surface area contributed by atoms with E-state index in [2.05, 4.69) is 0 Å². The van der Waals surface area contributed by atoms with E-state index in [-0.39, 0.29) is 35.7 Å². The first-order valence-corrected chi connectivity index (χ1v) is 13.3. The molecule has 2 heterocycles. The Balaban J connectivity index is 1.31. The zero-order valence-corrected chi connectivity index (χ0v) is 21.8. The Morgan fingerprint density at radius 1 is 0.625 bits per heavy atom. The van der Waals surface area contributed by atoms with Crippen LogP contribution in [0.3, 0.4) is 0 Å².